The minimum absolute atomic E-state index is 0.0110. The number of aliphatic carboxylic acids is 1. The van der Waals surface area contributed by atoms with Gasteiger partial charge in [0, 0.05) is 0 Å². The summed E-state index contributed by atoms with van der Waals surface area (Å²) in [6, 6.07) is 6.23. The van der Waals surface area contributed by atoms with E-state index in [4.69, 9.17) is 5.11 Å². The van der Waals surface area contributed by atoms with E-state index < -0.39 is 22.2 Å². The number of rotatable bonds is 4. The summed E-state index contributed by atoms with van der Waals surface area (Å²) in [7, 11) is -4.02. The van der Waals surface area contributed by atoms with Crippen molar-refractivity contribution in [3.63, 3.8) is 0 Å². The SMILES string of the molecule is Cc1ccccc1S(=O)(=O)O[C@@H](C)C(=O)O. The second-order valence-electron chi connectivity index (χ2n) is 3.30. The monoisotopic (exact) mass is 244 g/mol. The highest BCUT2D eigenvalue weighted by Crippen LogP contribution is 2.18. The Balaban J connectivity index is 3.04. The lowest BCUT2D eigenvalue weighted by Crippen LogP contribution is -2.24. The average Bonchev–Trinajstić information content (AvgIpc) is 2.17. The van der Waals surface area contributed by atoms with Crippen LogP contribution in [0.3, 0.4) is 0 Å². The lowest BCUT2D eigenvalue weighted by atomic mass is 10.2. The van der Waals surface area contributed by atoms with Crippen molar-refractivity contribution in [1.29, 1.82) is 0 Å². The van der Waals surface area contributed by atoms with Gasteiger partial charge in [0.05, 0.1) is 4.90 Å². The fraction of sp³-hybridized carbons (Fsp3) is 0.300. The molecule has 0 aliphatic heterocycles. The number of carboxylic acids is 1. The number of hydrogen-bond acceptors (Lipinski definition) is 4. The standard InChI is InChI=1S/C10H12O5S/c1-7-5-3-4-6-9(7)16(13,14)15-8(2)10(11)12/h3-6,8H,1-2H3,(H,11,12)/t8-/m0/s1. The van der Waals surface area contributed by atoms with Crippen molar-refractivity contribution in [3.8, 4) is 0 Å². The molecule has 5 nitrogen and oxygen atoms in total. The summed E-state index contributed by atoms with van der Waals surface area (Å²) in [5, 5.41) is 8.57. The Labute approximate surface area is 93.8 Å². The van der Waals surface area contributed by atoms with E-state index in [9.17, 15) is 13.2 Å². The summed E-state index contributed by atoms with van der Waals surface area (Å²) in [6.45, 7) is 2.78. The first kappa shape index (κ1) is 12.7. The van der Waals surface area contributed by atoms with Gasteiger partial charge in [-0.15, -0.1) is 0 Å². The largest absolute Gasteiger partial charge is 0.479 e. The Morgan fingerprint density at radius 1 is 1.38 bits per heavy atom. The van der Waals surface area contributed by atoms with Crippen LogP contribution in [0.5, 0.6) is 0 Å². The molecule has 1 N–H and O–H groups in total. The average molecular weight is 244 g/mol. The molecular weight excluding hydrogens is 232 g/mol. The third-order valence-corrected chi connectivity index (χ3v) is 3.52. The lowest BCUT2D eigenvalue weighted by Gasteiger charge is -2.10. The molecule has 0 amide bonds. The summed E-state index contributed by atoms with van der Waals surface area (Å²) in [5.74, 6) is -1.32. The van der Waals surface area contributed by atoms with Gasteiger partial charge in [0.25, 0.3) is 10.1 Å². The predicted molar refractivity (Wildman–Crippen MR) is 56.5 cm³/mol. The first-order valence-electron chi connectivity index (χ1n) is 4.56. The van der Waals surface area contributed by atoms with Crippen LogP contribution < -0.4 is 0 Å². The van der Waals surface area contributed by atoms with E-state index >= 15 is 0 Å². The van der Waals surface area contributed by atoms with Crippen molar-refractivity contribution >= 4 is 16.1 Å². The third kappa shape index (κ3) is 2.80. The predicted octanol–water partition coefficient (Wildman–Crippen LogP) is 1.17. The molecule has 16 heavy (non-hydrogen) atoms. The molecule has 88 valence electrons. The molecule has 1 rings (SSSR count). The van der Waals surface area contributed by atoms with Gasteiger partial charge >= 0.3 is 5.97 Å². The number of carboxylic acid groups (broad SMARTS) is 1. The van der Waals surface area contributed by atoms with Crippen LogP contribution in [0.15, 0.2) is 29.2 Å². The lowest BCUT2D eigenvalue weighted by molar-refractivity contribution is -0.144. The fourth-order valence-electron chi connectivity index (χ4n) is 1.12. The Kier molecular flexibility index (Phi) is 3.66. The molecule has 0 unspecified atom stereocenters. The molecule has 0 heterocycles. The first-order chi connectivity index (χ1) is 7.34. The zero-order chi connectivity index (χ0) is 12.3. The van der Waals surface area contributed by atoms with E-state index in [2.05, 4.69) is 4.18 Å². The topological polar surface area (TPSA) is 80.7 Å². The highest BCUT2D eigenvalue weighted by atomic mass is 32.2. The van der Waals surface area contributed by atoms with Crippen molar-refractivity contribution in [2.45, 2.75) is 24.8 Å². The Hall–Kier alpha value is -1.40. The van der Waals surface area contributed by atoms with E-state index in [1.165, 1.54) is 6.07 Å². The quantitative estimate of drug-likeness (QED) is 0.804. The molecule has 0 aliphatic rings. The molecule has 1 atom stereocenters. The van der Waals surface area contributed by atoms with Gasteiger partial charge in [0.2, 0.25) is 0 Å². The molecule has 0 radical (unpaired) electrons. The normalized spacial score (nSPS) is 13.4. The molecule has 6 heteroatoms. The zero-order valence-corrected chi connectivity index (χ0v) is 9.69. The Bertz CT molecular complexity index is 492. The Morgan fingerprint density at radius 2 is 1.94 bits per heavy atom. The van der Waals surface area contributed by atoms with E-state index in [0.717, 1.165) is 6.92 Å². The van der Waals surface area contributed by atoms with Crippen molar-refractivity contribution in [1.82, 2.24) is 0 Å². The van der Waals surface area contributed by atoms with Gasteiger partial charge < -0.3 is 5.11 Å². The van der Waals surface area contributed by atoms with Crippen LogP contribution in [-0.2, 0) is 19.1 Å². The minimum Gasteiger partial charge on any atom is -0.479 e. The van der Waals surface area contributed by atoms with Gasteiger partial charge in [0.1, 0.15) is 0 Å². The van der Waals surface area contributed by atoms with Gasteiger partial charge in [-0.1, -0.05) is 18.2 Å². The number of benzene rings is 1. The molecule has 1 aromatic carbocycles. The van der Waals surface area contributed by atoms with Gasteiger partial charge in [0.15, 0.2) is 6.10 Å². The minimum atomic E-state index is -4.02. The van der Waals surface area contributed by atoms with E-state index in [-0.39, 0.29) is 4.90 Å². The molecule has 0 fully saturated rings. The molecule has 0 aromatic heterocycles. The fourth-order valence-corrected chi connectivity index (χ4v) is 2.39. The van der Waals surface area contributed by atoms with Gasteiger partial charge in [-0.05, 0) is 25.5 Å². The van der Waals surface area contributed by atoms with Crippen LogP contribution in [0.2, 0.25) is 0 Å². The summed E-state index contributed by atoms with van der Waals surface area (Å²) in [6.07, 6.45) is -1.40. The van der Waals surface area contributed by atoms with Crippen molar-refractivity contribution in [3.05, 3.63) is 29.8 Å². The second kappa shape index (κ2) is 4.63. The smallest absolute Gasteiger partial charge is 0.334 e. The highest BCUT2D eigenvalue weighted by molar-refractivity contribution is 7.86. The van der Waals surface area contributed by atoms with Crippen LogP contribution in [0.1, 0.15) is 12.5 Å². The van der Waals surface area contributed by atoms with Crippen LogP contribution in [0.25, 0.3) is 0 Å². The van der Waals surface area contributed by atoms with Crippen molar-refractivity contribution in [2.24, 2.45) is 0 Å². The Morgan fingerprint density at radius 3 is 2.44 bits per heavy atom. The van der Waals surface area contributed by atoms with Gasteiger partial charge in [-0.25, -0.2) is 4.79 Å². The van der Waals surface area contributed by atoms with E-state index in [1.54, 1.807) is 25.1 Å². The van der Waals surface area contributed by atoms with Gasteiger partial charge in [-0.2, -0.15) is 8.42 Å². The van der Waals surface area contributed by atoms with Crippen LogP contribution in [-0.4, -0.2) is 25.6 Å². The summed E-state index contributed by atoms with van der Waals surface area (Å²) >= 11 is 0. The maximum Gasteiger partial charge on any atom is 0.334 e. The second-order valence-corrected chi connectivity index (χ2v) is 4.84. The van der Waals surface area contributed by atoms with Crippen LogP contribution in [0, 0.1) is 6.92 Å². The molecule has 0 spiro atoms. The molecule has 0 aliphatic carbocycles. The molecule has 0 bridgehead atoms. The van der Waals surface area contributed by atoms with Crippen molar-refractivity contribution in [2.75, 3.05) is 0 Å². The number of hydrogen-bond donors (Lipinski definition) is 1. The van der Waals surface area contributed by atoms with Crippen LogP contribution in [0.4, 0.5) is 0 Å². The van der Waals surface area contributed by atoms with Crippen molar-refractivity contribution < 1.29 is 22.5 Å². The molecular formula is C10H12O5S. The van der Waals surface area contributed by atoms with E-state index in [1.807, 2.05) is 0 Å². The maximum atomic E-state index is 11.7. The van der Waals surface area contributed by atoms with Crippen LogP contribution >= 0.6 is 0 Å². The molecule has 0 saturated carbocycles. The molecule has 1 aromatic rings. The van der Waals surface area contributed by atoms with E-state index in [0.29, 0.717) is 5.56 Å². The summed E-state index contributed by atoms with van der Waals surface area (Å²) in [5.41, 5.74) is 0.514. The molecule has 0 saturated heterocycles. The zero-order valence-electron chi connectivity index (χ0n) is 8.88. The number of carbonyl (C=O) groups is 1. The number of aryl methyl sites for hydroxylation is 1. The maximum absolute atomic E-state index is 11.7. The van der Waals surface area contributed by atoms with Gasteiger partial charge in [-0.3, -0.25) is 4.18 Å². The summed E-state index contributed by atoms with van der Waals surface area (Å²) in [4.78, 5) is 10.5. The first-order valence-corrected chi connectivity index (χ1v) is 5.97. The highest BCUT2D eigenvalue weighted by Gasteiger charge is 2.24. The summed E-state index contributed by atoms with van der Waals surface area (Å²) < 4.78 is 27.9. The third-order valence-electron chi connectivity index (χ3n) is 1.98.